The van der Waals surface area contributed by atoms with E-state index in [2.05, 4.69) is 10.6 Å². The molecule has 0 saturated carbocycles. The average Bonchev–Trinajstić information content (AvgIpc) is 2.47. The van der Waals surface area contributed by atoms with Crippen molar-refractivity contribution in [2.24, 2.45) is 0 Å². The van der Waals surface area contributed by atoms with Crippen molar-refractivity contribution in [3.63, 3.8) is 0 Å². The summed E-state index contributed by atoms with van der Waals surface area (Å²) in [6.07, 6.45) is 0. The Balaban J connectivity index is 2.00. The summed E-state index contributed by atoms with van der Waals surface area (Å²) in [6, 6.07) is 15.0. The van der Waals surface area contributed by atoms with E-state index in [9.17, 15) is 4.79 Å². The van der Waals surface area contributed by atoms with Gasteiger partial charge in [-0.05, 0) is 37.1 Å². The molecule has 0 fully saturated rings. The van der Waals surface area contributed by atoms with Gasteiger partial charge < -0.3 is 15.4 Å². The molecule has 2 amide bonds. The number of carbonyl (C=O) groups excluding carboxylic acids is 1. The van der Waals surface area contributed by atoms with Crippen molar-refractivity contribution in [3.8, 4) is 5.75 Å². The highest BCUT2D eigenvalue weighted by Crippen LogP contribution is 2.18. The van der Waals surface area contributed by atoms with Gasteiger partial charge in [-0.1, -0.05) is 30.3 Å². The minimum absolute atomic E-state index is 0.0585. The van der Waals surface area contributed by atoms with E-state index in [-0.39, 0.29) is 12.1 Å². The Morgan fingerprint density at radius 2 is 1.90 bits per heavy atom. The zero-order valence-corrected chi connectivity index (χ0v) is 12.5. The van der Waals surface area contributed by atoms with Crippen LogP contribution in [-0.2, 0) is 0 Å². The van der Waals surface area contributed by atoms with Crippen LogP contribution in [0.5, 0.6) is 5.75 Å². The molecule has 1 atom stereocenters. The molecule has 0 aliphatic carbocycles. The summed E-state index contributed by atoms with van der Waals surface area (Å²) < 4.78 is 5.13. The van der Waals surface area contributed by atoms with Gasteiger partial charge in [-0.3, -0.25) is 0 Å². The zero-order chi connectivity index (χ0) is 15.2. The lowest BCUT2D eigenvalue weighted by atomic mass is 10.0. The summed E-state index contributed by atoms with van der Waals surface area (Å²) in [5.41, 5.74) is 2.97. The molecule has 2 rings (SSSR count). The zero-order valence-electron chi connectivity index (χ0n) is 12.5. The fourth-order valence-electron chi connectivity index (χ4n) is 2.22. The van der Waals surface area contributed by atoms with Crippen LogP contribution < -0.4 is 15.4 Å². The van der Waals surface area contributed by atoms with Crippen LogP contribution in [0.4, 0.5) is 10.5 Å². The molecule has 2 aromatic carbocycles. The van der Waals surface area contributed by atoms with E-state index in [1.54, 1.807) is 13.2 Å². The van der Waals surface area contributed by atoms with Crippen LogP contribution in [-0.4, -0.2) is 13.1 Å². The van der Waals surface area contributed by atoms with E-state index in [4.69, 9.17) is 4.74 Å². The second-order valence-corrected chi connectivity index (χ2v) is 4.91. The molecule has 0 bridgehead atoms. The standard InChI is InChI=1S/C17H20N2O2/c1-12-7-4-5-10-16(12)13(2)18-17(20)19-14-8-6-9-15(11-14)21-3/h4-11,13H,1-3H3,(H2,18,19,20). The maximum atomic E-state index is 12.0. The van der Waals surface area contributed by atoms with Gasteiger partial charge in [0.15, 0.2) is 0 Å². The number of rotatable bonds is 4. The molecule has 0 radical (unpaired) electrons. The van der Waals surface area contributed by atoms with Crippen molar-refractivity contribution in [1.29, 1.82) is 0 Å². The first-order chi connectivity index (χ1) is 10.1. The quantitative estimate of drug-likeness (QED) is 0.895. The van der Waals surface area contributed by atoms with Gasteiger partial charge in [-0.15, -0.1) is 0 Å². The van der Waals surface area contributed by atoms with Gasteiger partial charge in [-0.2, -0.15) is 0 Å². The molecule has 0 aromatic heterocycles. The molecule has 0 spiro atoms. The molecule has 110 valence electrons. The van der Waals surface area contributed by atoms with Gasteiger partial charge in [-0.25, -0.2) is 4.79 Å². The number of aryl methyl sites for hydroxylation is 1. The summed E-state index contributed by atoms with van der Waals surface area (Å²) in [5.74, 6) is 0.708. The lowest BCUT2D eigenvalue weighted by Gasteiger charge is -2.17. The number of carbonyl (C=O) groups is 1. The van der Waals surface area contributed by atoms with Gasteiger partial charge in [0.2, 0.25) is 0 Å². The first-order valence-corrected chi connectivity index (χ1v) is 6.87. The first-order valence-electron chi connectivity index (χ1n) is 6.87. The smallest absolute Gasteiger partial charge is 0.319 e. The number of anilines is 1. The predicted octanol–water partition coefficient (Wildman–Crippen LogP) is 3.89. The third-order valence-electron chi connectivity index (χ3n) is 3.33. The Kier molecular flexibility index (Phi) is 4.82. The molecule has 21 heavy (non-hydrogen) atoms. The van der Waals surface area contributed by atoms with Crippen molar-refractivity contribution < 1.29 is 9.53 Å². The Hall–Kier alpha value is -2.49. The molecule has 2 aromatic rings. The molecule has 0 aliphatic rings. The first kappa shape index (κ1) is 14.9. The van der Waals surface area contributed by atoms with E-state index >= 15 is 0 Å². The van der Waals surface area contributed by atoms with Gasteiger partial charge in [0.1, 0.15) is 5.75 Å². The highest BCUT2D eigenvalue weighted by atomic mass is 16.5. The van der Waals surface area contributed by atoms with Crippen LogP contribution >= 0.6 is 0 Å². The summed E-state index contributed by atoms with van der Waals surface area (Å²) in [4.78, 5) is 12.0. The van der Waals surface area contributed by atoms with Crippen LogP contribution in [0.25, 0.3) is 0 Å². The third kappa shape index (κ3) is 3.99. The van der Waals surface area contributed by atoms with Crippen LogP contribution in [0, 0.1) is 6.92 Å². The van der Waals surface area contributed by atoms with Gasteiger partial charge in [0, 0.05) is 11.8 Å². The van der Waals surface area contributed by atoms with Crippen molar-refractivity contribution in [1.82, 2.24) is 5.32 Å². The number of ether oxygens (including phenoxy) is 1. The van der Waals surface area contributed by atoms with Crippen LogP contribution in [0.3, 0.4) is 0 Å². The number of amides is 2. The van der Waals surface area contributed by atoms with Crippen molar-refractivity contribution in [2.75, 3.05) is 12.4 Å². The second kappa shape index (κ2) is 6.79. The lowest BCUT2D eigenvalue weighted by Crippen LogP contribution is -2.31. The minimum Gasteiger partial charge on any atom is -0.497 e. The number of hydrogen-bond donors (Lipinski definition) is 2. The van der Waals surface area contributed by atoms with Crippen LogP contribution in [0.2, 0.25) is 0 Å². The Morgan fingerprint density at radius 3 is 2.62 bits per heavy atom. The monoisotopic (exact) mass is 284 g/mol. The Morgan fingerprint density at radius 1 is 1.14 bits per heavy atom. The highest BCUT2D eigenvalue weighted by Gasteiger charge is 2.11. The fourth-order valence-corrected chi connectivity index (χ4v) is 2.22. The van der Waals surface area contributed by atoms with E-state index in [1.807, 2.05) is 56.3 Å². The van der Waals surface area contributed by atoms with E-state index in [0.29, 0.717) is 11.4 Å². The molecule has 4 nitrogen and oxygen atoms in total. The molecular formula is C17H20N2O2. The summed E-state index contributed by atoms with van der Waals surface area (Å²) in [7, 11) is 1.60. The van der Waals surface area contributed by atoms with E-state index < -0.39 is 0 Å². The van der Waals surface area contributed by atoms with Crippen molar-refractivity contribution in [2.45, 2.75) is 19.9 Å². The molecule has 1 unspecified atom stereocenters. The van der Waals surface area contributed by atoms with Crippen molar-refractivity contribution >= 4 is 11.7 Å². The second-order valence-electron chi connectivity index (χ2n) is 4.91. The van der Waals surface area contributed by atoms with Gasteiger partial charge in [0.25, 0.3) is 0 Å². The lowest BCUT2D eigenvalue weighted by molar-refractivity contribution is 0.249. The number of methoxy groups -OCH3 is 1. The number of hydrogen-bond acceptors (Lipinski definition) is 2. The molecule has 4 heteroatoms. The number of benzene rings is 2. The fraction of sp³-hybridized carbons (Fsp3) is 0.235. The average molecular weight is 284 g/mol. The van der Waals surface area contributed by atoms with E-state index in [1.165, 1.54) is 0 Å². The number of nitrogens with one attached hydrogen (secondary N) is 2. The Labute approximate surface area is 125 Å². The maximum Gasteiger partial charge on any atom is 0.319 e. The largest absolute Gasteiger partial charge is 0.497 e. The predicted molar refractivity (Wildman–Crippen MR) is 84.7 cm³/mol. The van der Waals surface area contributed by atoms with E-state index in [0.717, 1.165) is 11.1 Å². The summed E-state index contributed by atoms with van der Waals surface area (Å²) in [6.45, 7) is 4.00. The Bertz CT molecular complexity index is 626. The van der Waals surface area contributed by atoms with Crippen LogP contribution in [0.1, 0.15) is 24.1 Å². The van der Waals surface area contributed by atoms with Gasteiger partial charge >= 0.3 is 6.03 Å². The number of urea groups is 1. The highest BCUT2D eigenvalue weighted by molar-refractivity contribution is 5.89. The van der Waals surface area contributed by atoms with Crippen molar-refractivity contribution in [3.05, 3.63) is 59.7 Å². The SMILES string of the molecule is COc1cccc(NC(=O)NC(C)c2ccccc2C)c1. The summed E-state index contributed by atoms with van der Waals surface area (Å²) in [5, 5.41) is 5.74. The topological polar surface area (TPSA) is 50.4 Å². The molecule has 0 heterocycles. The maximum absolute atomic E-state index is 12.0. The molecule has 2 N–H and O–H groups in total. The third-order valence-corrected chi connectivity index (χ3v) is 3.33. The molecular weight excluding hydrogens is 264 g/mol. The molecule has 0 saturated heterocycles. The van der Waals surface area contributed by atoms with Gasteiger partial charge in [0.05, 0.1) is 13.2 Å². The normalized spacial score (nSPS) is 11.6. The van der Waals surface area contributed by atoms with Crippen LogP contribution in [0.15, 0.2) is 48.5 Å². The summed E-state index contributed by atoms with van der Waals surface area (Å²) >= 11 is 0. The minimum atomic E-state index is -0.237. The molecule has 0 aliphatic heterocycles.